The molecule has 33 heavy (non-hydrogen) atoms. The molecule has 8 heteroatoms. The average Bonchev–Trinajstić information content (AvgIpc) is 3.07. The topological polar surface area (TPSA) is 74.8 Å². The van der Waals surface area contributed by atoms with Crippen molar-refractivity contribution < 1.29 is 19.2 Å². The number of hydrogen-bond donors (Lipinski definition) is 0. The number of hydrogen-bond acceptors (Lipinski definition) is 4. The number of carbonyl (C=O) groups is 4. The highest BCUT2D eigenvalue weighted by Crippen LogP contribution is 2.40. The maximum Gasteiger partial charge on any atom is 0.275 e. The van der Waals surface area contributed by atoms with Crippen LogP contribution in [-0.4, -0.2) is 39.6 Å². The van der Waals surface area contributed by atoms with E-state index in [9.17, 15) is 19.2 Å². The van der Waals surface area contributed by atoms with Crippen LogP contribution in [0.3, 0.4) is 0 Å². The Bertz CT molecular complexity index is 1080. The molecule has 3 atom stereocenters. The second-order valence-electron chi connectivity index (χ2n) is 8.41. The molecule has 0 unspecified atom stereocenters. The molecule has 1 saturated heterocycles. The molecule has 1 aliphatic heterocycles. The lowest BCUT2D eigenvalue weighted by Gasteiger charge is -2.36. The molecule has 1 heterocycles. The summed E-state index contributed by atoms with van der Waals surface area (Å²) in [5.41, 5.74) is 0.455. The molecule has 6 nitrogen and oxygen atoms in total. The molecule has 172 valence electrons. The van der Waals surface area contributed by atoms with Crippen molar-refractivity contribution in [1.82, 2.24) is 10.0 Å². The number of nitrogens with zero attached hydrogens (tertiary/aromatic N) is 2. The smallest absolute Gasteiger partial charge is 0.275 e. The first kappa shape index (κ1) is 23.5. The normalized spacial score (nSPS) is 21.0. The lowest BCUT2D eigenvalue weighted by molar-refractivity contribution is -0.156. The van der Waals surface area contributed by atoms with Crippen LogP contribution >= 0.6 is 23.2 Å². The summed E-state index contributed by atoms with van der Waals surface area (Å²) in [5, 5.41) is 2.38. The van der Waals surface area contributed by atoms with E-state index in [1.54, 1.807) is 37.3 Å². The van der Waals surface area contributed by atoms with Crippen LogP contribution < -0.4 is 0 Å². The molecule has 2 aliphatic rings. The highest BCUT2D eigenvalue weighted by Gasteiger charge is 2.53. The minimum Gasteiger partial charge on any atom is -0.292 e. The Morgan fingerprint density at radius 2 is 1.61 bits per heavy atom. The van der Waals surface area contributed by atoms with Crippen molar-refractivity contribution in [2.75, 3.05) is 0 Å². The molecule has 3 amide bonds. The Kier molecular flexibility index (Phi) is 6.86. The van der Waals surface area contributed by atoms with Gasteiger partial charge >= 0.3 is 0 Å². The van der Waals surface area contributed by atoms with Gasteiger partial charge in [-0.1, -0.05) is 73.3 Å². The van der Waals surface area contributed by atoms with Crippen molar-refractivity contribution in [2.45, 2.75) is 45.1 Å². The SMILES string of the molecule is CC[C@@H](C(=O)c1ccccc1)N(C(=O)c1ccc(Cl)cc1Cl)N1C(=O)[C@H]2CCCC[C@H]2C1=O. The van der Waals surface area contributed by atoms with Gasteiger partial charge in [0, 0.05) is 10.6 Å². The molecule has 2 fully saturated rings. The number of benzene rings is 2. The fraction of sp³-hybridized carbons (Fsp3) is 0.360. The zero-order chi connectivity index (χ0) is 23.7. The van der Waals surface area contributed by atoms with Gasteiger partial charge in [-0.05, 0) is 37.5 Å². The molecular formula is C25H24Cl2N2O4. The van der Waals surface area contributed by atoms with Crippen molar-refractivity contribution in [1.29, 1.82) is 0 Å². The third-order valence-electron chi connectivity index (χ3n) is 6.45. The Labute approximate surface area is 202 Å². The maximum absolute atomic E-state index is 13.8. The van der Waals surface area contributed by atoms with Gasteiger partial charge < -0.3 is 0 Å². The van der Waals surface area contributed by atoms with Gasteiger partial charge in [-0.25, -0.2) is 5.01 Å². The third kappa shape index (κ3) is 4.30. The fourth-order valence-corrected chi connectivity index (χ4v) is 5.27. The lowest BCUT2D eigenvalue weighted by Crippen LogP contribution is -2.57. The zero-order valence-electron chi connectivity index (χ0n) is 18.2. The van der Waals surface area contributed by atoms with Crippen LogP contribution in [-0.2, 0) is 9.59 Å². The number of amides is 3. The van der Waals surface area contributed by atoms with E-state index < -0.39 is 35.6 Å². The number of carbonyl (C=O) groups excluding carboxylic acids is 4. The first-order chi connectivity index (χ1) is 15.8. The van der Waals surface area contributed by atoms with Crippen LogP contribution in [0.1, 0.15) is 59.7 Å². The molecule has 4 rings (SSSR count). The summed E-state index contributed by atoms with van der Waals surface area (Å²) in [6.45, 7) is 1.74. The summed E-state index contributed by atoms with van der Waals surface area (Å²) in [4.78, 5) is 54.1. The van der Waals surface area contributed by atoms with Crippen LogP contribution in [0.2, 0.25) is 10.0 Å². The van der Waals surface area contributed by atoms with Crippen LogP contribution in [0, 0.1) is 11.8 Å². The van der Waals surface area contributed by atoms with Crippen LogP contribution in [0.4, 0.5) is 0 Å². The Balaban J connectivity index is 1.81. The number of rotatable bonds is 6. The summed E-state index contributed by atoms with van der Waals surface area (Å²) >= 11 is 12.3. The van der Waals surface area contributed by atoms with Crippen molar-refractivity contribution in [3.8, 4) is 0 Å². The monoisotopic (exact) mass is 486 g/mol. The summed E-state index contributed by atoms with van der Waals surface area (Å²) in [7, 11) is 0. The first-order valence-electron chi connectivity index (χ1n) is 11.1. The number of halogens is 2. The molecule has 1 saturated carbocycles. The highest BCUT2D eigenvalue weighted by atomic mass is 35.5. The first-order valence-corrected chi connectivity index (χ1v) is 11.9. The second kappa shape index (κ2) is 9.65. The fourth-order valence-electron chi connectivity index (χ4n) is 4.78. The van der Waals surface area contributed by atoms with Crippen LogP contribution in [0.5, 0.6) is 0 Å². The lowest BCUT2D eigenvalue weighted by atomic mass is 9.81. The van der Waals surface area contributed by atoms with Gasteiger partial charge in [0.1, 0.15) is 6.04 Å². The average molecular weight is 487 g/mol. The predicted molar refractivity (Wildman–Crippen MR) is 125 cm³/mol. The third-order valence-corrected chi connectivity index (χ3v) is 6.99. The van der Waals surface area contributed by atoms with E-state index in [-0.39, 0.29) is 22.8 Å². The molecule has 2 aromatic rings. The zero-order valence-corrected chi connectivity index (χ0v) is 19.7. The van der Waals surface area contributed by atoms with Gasteiger partial charge in [-0.3, -0.25) is 19.2 Å². The minimum atomic E-state index is -1.06. The number of fused-ring (bicyclic) bond motifs is 1. The summed E-state index contributed by atoms with van der Waals surface area (Å²) in [6, 6.07) is 11.8. The Morgan fingerprint density at radius 3 is 2.15 bits per heavy atom. The summed E-state index contributed by atoms with van der Waals surface area (Å²) < 4.78 is 0. The van der Waals surface area contributed by atoms with Gasteiger partial charge in [0.15, 0.2) is 5.78 Å². The van der Waals surface area contributed by atoms with E-state index in [2.05, 4.69) is 0 Å². The molecule has 0 spiro atoms. The van der Waals surface area contributed by atoms with Gasteiger partial charge in [0.05, 0.1) is 22.4 Å². The minimum absolute atomic E-state index is 0.0656. The maximum atomic E-state index is 13.8. The van der Waals surface area contributed by atoms with Gasteiger partial charge in [-0.2, -0.15) is 5.01 Å². The van der Waals surface area contributed by atoms with E-state index >= 15 is 0 Å². The van der Waals surface area contributed by atoms with E-state index in [0.717, 1.165) is 22.9 Å². The molecular weight excluding hydrogens is 463 g/mol. The highest BCUT2D eigenvalue weighted by molar-refractivity contribution is 6.36. The number of hydrazine groups is 1. The van der Waals surface area contributed by atoms with E-state index in [1.807, 2.05) is 0 Å². The Hall–Kier alpha value is -2.70. The molecule has 0 radical (unpaired) electrons. The van der Waals surface area contributed by atoms with Crippen molar-refractivity contribution >= 4 is 46.7 Å². The van der Waals surface area contributed by atoms with Crippen molar-refractivity contribution in [2.24, 2.45) is 11.8 Å². The molecule has 2 aromatic carbocycles. The van der Waals surface area contributed by atoms with Crippen LogP contribution in [0.25, 0.3) is 0 Å². The predicted octanol–water partition coefficient (Wildman–Crippen LogP) is 5.19. The second-order valence-corrected chi connectivity index (χ2v) is 9.26. The van der Waals surface area contributed by atoms with Gasteiger partial charge in [-0.15, -0.1) is 0 Å². The molecule has 0 N–H and O–H groups in total. The quantitative estimate of drug-likeness (QED) is 0.415. The molecule has 0 aromatic heterocycles. The number of imide groups is 1. The van der Waals surface area contributed by atoms with Crippen molar-refractivity contribution in [3.63, 3.8) is 0 Å². The summed E-state index contributed by atoms with van der Waals surface area (Å²) in [5.74, 6) is -2.83. The van der Waals surface area contributed by atoms with E-state index in [1.165, 1.54) is 18.2 Å². The molecule has 1 aliphatic carbocycles. The number of Topliss-reactive ketones (excluding diaryl/α,β-unsaturated/α-hetero) is 1. The summed E-state index contributed by atoms with van der Waals surface area (Å²) in [6.07, 6.45) is 3.10. The van der Waals surface area contributed by atoms with Gasteiger partial charge in [0.25, 0.3) is 17.7 Å². The number of ketones is 1. The Morgan fingerprint density at radius 1 is 1.00 bits per heavy atom. The van der Waals surface area contributed by atoms with E-state index in [4.69, 9.17) is 23.2 Å². The van der Waals surface area contributed by atoms with E-state index in [0.29, 0.717) is 23.4 Å². The van der Waals surface area contributed by atoms with Crippen molar-refractivity contribution in [3.05, 3.63) is 69.7 Å². The largest absolute Gasteiger partial charge is 0.292 e. The molecule has 0 bridgehead atoms. The van der Waals surface area contributed by atoms with Crippen LogP contribution in [0.15, 0.2) is 48.5 Å². The standard InChI is InChI=1S/C25H24Cl2N2O4/c1-2-21(22(30)15-8-4-3-5-9-15)28(25(33)19-13-12-16(26)14-20(19)27)29-23(31)17-10-6-7-11-18(17)24(29)32/h3-5,8-9,12-14,17-18,21H,2,6-7,10-11H2,1H3/t17-,18+,21-/m0/s1. The van der Waals surface area contributed by atoms with Gasteiger partial charge in [0.2, 0.25) is 0 Å².